The van der Waals surface area contributed by atoms with Crippen LogP contribution >= 0.6 is 0 Å². The zero-order valence-corrected chi connectivity index (χ0v) is 8.42. The predicted octanol–water partition coefficient (Wildman–Crippen LogP) is 1.44. The van der Waals surface area contributed by atoms with Gasteiger partial charge in [-0.05, 0) is 6.07 Å². The molecule has 1 unspecified atom stereocenters. The number of para-hydroxylation sites is 1. The molecule has 2 rings (SSSR count). The van der Waals surface area contributed by atoms with Gasteiger partial charge in [0, 0.05) is 24.4 Å². The van der Waals surface area contributed by atoms with Gasteiger partial charge in [-0.25, -0.2) is 4.39 Å². The van der Waals surface area contributed by atoms with Gasteiger partial charge < -0.3 is 10.1 Å². The lowest BCUT2D eigenvalue weighted by Gasteiger charge is -2.13. The lowest BCUT2D eigenvalue weighted by Crippen LogP contribution is -2.13. The van der Waals surface area contributed by atoms with Crippen LogP contribution < -0.4 is 10.1 Å². The van der Waals surface area contributed by atoms with Crippen LogP contribution in [-0.2, 0) is 4.79 Å². The molecule has 0 radical (unpaired) electrons. The first-order chi connectivity index (χ1) is 7.22. The largest absolute Gasteiger partial charge is 0.493 e. The summed E-state index contributed by atoms with van der Waals surface area (Å²) in [7, 11) is 1.44. The van der Waals surface area contributed by atoms with Gasteiger partial charge in [0.05, 0.1) is 7.11 Å². The van der Waals surface area contributed by atoms with Crippen molar-refractivity contribution in [2.75, 3.05) is 13.7 Å². The van der Waals surface area contributed by atoms with E-state index >= 15 is 0 Å². The Labute approximate surface area is 87.2 Å². The molecule has 0 bridgehead atoms. The van der Waals surface area contributed by atoms with Crippen molar-refractivity contribution in [3.63, 3.8) is 0 Å². The van der Waals surface area contributed by atoms with E-state index in [1.165, 1.54) is 13.2 Å². The Balaban J connectivity index is 2.35. The van der Waals surface area contributed by atoms with Crippen molar-refractivity contribution < 1.29 is 13.9 Å². The minimum Gasteiger partial charge on any atom is -0.493 e. The van der Waals surface area contributed by atoms with E-state index in [1.807, 2.05) is 0 Å². The van der Waals surface area contributed by atoms with Gasteiger partial charge in [0.25, 0.3) is 0 Å². The summed E-state index contributed by atoms with van der Waals surface area (Å²) in [6.45, 7) is 0.554. The van der Waals surface area contributed by atoms with E-state index in [0.717, 1.165) is 5.56 Å². The standard InChI is InChI=1S/C11H12FNO2/c1-15-11-8(3-2-4-9(11)12)7-5-10(14)13-6-7/h2-4,7H,5-6H2,1H3,(H,13,14). The Kier molecular flexibility index (Phi) is 2.58. The van der Waals surface area contributed by atoms with Crippen LogP contribution in [0.4, 0.5) is 4.39 Å². The summed E-state index contributed by atoms with van der Waals surface area (Å²) in [6, 6.07) is 4.79. The molecule has 0 aromatic heterocycles. The molecule has 1 aromatic rings. The van der Waals surface area contributed by atoms with Crippen LogP contribution in [0.2, 0.25) is 0 Å². The van der Waals surface area contributed by atoms with Crippen LogP contribution in [0.15, 0.2) is 18.2 Å². The molecule has 0 spiro atoms. The maximum Gasteiger partial charge on any atom is 0.220 e. The molecule has 1 amide bonds. The number of amides is 1. The van der Waals surface area contributed by atoms with Crippen molar-refractivity contribution in [2.45, 2.75) is 12.3 Å². The van der Waals surface area contributed by atoms with E-state index < -0.39 is 0 Å². The molecule has 3 nitrogen and oxygen atoms in total. The van der Waals surface area contributed by atoms with Crippen molar-refractivity contribution in [2.24, 2.45) is 0 Å². The van der Waals surface area contributed by atoms with Crippen molar-refractivity contribution in [1.82, 2.24) is 5.32 Å². The van der Waals surface area contributed by atoms with E-state index in [9.17, 15) is 9.18 Å². The Bertz CT molecular complexity index is 392. The number of halogens is 1. The van der Waals surface area contributed by atoms with Gasteiger partial charge >= 0.3 is 0 Å². The second-order valence-corrected chi connectivity index (χ2v) is 3.57. The van der Waals surface area contributed by atoms with E-state index in [1.54, 1.807) is 12.1 Å². The Hall–Kier alpha value is -1.58. The summed E-state index contributed by atoms with van der Waals surface area (Å²) in [6.07, 6.45) is 0.403. The summed E-state index contributed by atoms with van der Waals surface area (Å²) in [5.74, 6) is -0.109. The van der Waals surface area contributed by atoms with Gasteiger partial charge in [-0.15, -0.1) is 0 Å². The molecule has 1 heterocycles. The van der Waals surface area contributed by atoms with Crippen LogP contribution in [0.5, 0.6) is 5.75 Å². The normalized spacial score (nSPS) is 20.1. The monoisotopic (exact) mass is 209 g/mol. The molecule has 1 N–H and O–H groups in total. The fraction of sp³-hybridized carbons (Fsp3) is 0.364. The molecule has 1 saturated heterocycles. The summed E-state index contributed by atoms with van der Waals surface area (Å²) in [4.78, 5) is 11.1. The van der Waals surface area contributed by atoms with Gasteiger partial charge in [0.15, 0.2) is 11.6 Å². The summed E-state index contributed by atoms with van der Waals surface area (Å²) in [5.41, 5.74) is 0.760. The summed E-state index contributed by atoms with van der Waals surface area (Å²) >= 11 is 0. The number of benzene rings is 1. The second-order valence-electron chi connectivity index (χ2n) is 3.57. The first kappa shape index (κ1) is 9.96. The van der Waals surface area contributed by atoms with Crippen LogP contribution in [0.3, 0.4) is 0 Å². The maximum absolute atomic E-state index is 13.4. The SMILES string of the molecule is COc1c(F)cccc1C1CNC(=O)C1. The van der Waals surface area contributed by atoms with Crippen molar-refractivity contribution in [3.8, 4) is 5.75 Å². The zero-order chi connectivity index (χ0) is 10.8. The number of hydrogen-bond acceptors (Lipinski definition) is 2. The van der Waals surface area contributed by atoms with Gasteiger partial charge in [-0.1, -0.05) is 12.1 Å². The van der Waals surface area contributed by atoms with E-state index in [4.69, 9.17) is 4.74 Å². The first-order valence-electron chi connectivity index (χ1n) is 4.81. The molecule has 0 aliphatic carbocycles. The van der Waals surface area contributed by atoms with E-state index in [-0.39, 0.29) is 23.4 Å². The molecule has 1 fully saturated rings. The van der Waals surface area contributed by atoms with Crippen LogP contribution in [-0.4, -0.2) is 19.6 Å². The fourth-order valence-corrected chi connectivity index (χ4v) is 1.89. The van der Waals surface area contributed by atoms with Gasteiger partial charge in [0.2, 0.25) is 5.91 Å². The third-order valence-electron chi connectivity index (χ3n) is 2.62. The number of methoxy groups -OCH3 is 1. The Morgan fingerprint density at radius 3 is 2.93 bits per heavy atom. The average molecular weight is 209 g/mol. The smallest absolute Gasteiger partial charge is 0.220 e. The molecule has 1 aromatic carbocycles. The lowest BCUT2D eigenvalue weighted by atomic mass is 9.97. The van der Waals surface area contributed by atoms with Crippen LogP contribution in [0.25, 0.3) is 0 Å². The number of rotatable bonds is 2. The highest BCUT2D eigenvalue weighted by Crippen LogP contribution is 2.32. The topological polar surface area (TPSA) is 38.3 Å². The fourth-order valence-electron chi connectivity index (χ4n) is 1.89. The number of hydrogen-bond donors (Lipinski definition) is 1. The molecule has 1 aliphatic heterocycles. The molecule has 0 saturated carbocycles. The minimum atomic E-state index is -0.380. The number of nitrogens with one attached hydrogen (secondary N) is 1. The van der Waals surface area contributed by atoms with Gasteiger partial charge in [-0.2, -0.15) is 0 Å². The highest BCUT2D eigenvalue weighted by atomic mass is 19.1. The number of carbonyl (C=O) groups is 1. The number of carbonyl (C=O) groups excluding carboxylic acids is 1. The molecule has 1 atom stereocenters. The van der Waals surface area contributed by atoms with Crippen molar-refractivity contribution >= 4 is 5.91 Å². The van der Waals surface area contributed by atoms with Crippen molar-refractivity contribution in [1.29, 1.82) is 0 Å². The van der Waals surface area contributed by atoms with Gasteiger partial charge in [-0.3, -0.25) is 4.79 Å². The van der Waals surface area contributed by atoms with Gasteiger partial charge in [0.1, 0.15) is 0 Å². The Morgan fingerprint density at radius 2 is 2.33 bits per heavy atom. The highest BCUT2D eigenvalue weighted by molar-refractivity contribution is 5.79. The molecule has 15 heavy (non-hydrogen) atoms. The van der Waals surface area contributed by atoms with E-state index in [0.29, 0.717) is 13.0 Å². The quantitative estimate of drug-likeness (QED) is 0.800. The predicted molar refractivity (Wildman–Crippen MR) is 53.3 cm³/mol. The van der Waals surface area contributed by atoms with Crippen LogP contribution in [0, 0.1) is 5.82 Å². The first-order valence-corrected chi connectivity index (χ1v) is 4.81. The molecular formula is C11H12FNO2. The van der Waals surface area contributed by atoms with E-state index in [2.05, 4.69) is 5.32 Å². The highest BCUT2D eigenvalue weighted by Gasteiger charge is 2.26. The van der Waals surface area contributed by atoms with Crippen molar-refractivity contribution in [3.05, 3.63) is 29.6 Å². The summed E-state index contributed by atoms with van der Waals surface area (Å²) < 4.78 is 18.4. The molecule has 1 aliphatic rings. The third kappa shape index (κ3) is 1.79. The average Bonchev–Trinajstić information content (AvgIpc) is 2.64. The number of ether oxygens (including phenoxy) is 1. The molecule has 4 heteroatoms. The minimum absolute atomic E-state index is 0.00585. The lowest BCUT2D eigenvalue weighted by molar-refractivity contribution is -0.119. The maximum atomic E-state index is 13.4. The third-order valence-corrected chi connectivity index (χ3v) is 2.62. The zero-order valence-electron chi connectivity index (χ0n) is 8.42. The molecule has 80 valence electrons. The summed E-state index contributed by atoms with van der Waals surface area (Å²) in [5, 5.41) is 2.72. The van der Waals surface area contributed by atoms with Crippen LogP contribution in [0.1, 0.15) is 17.9 Å². The Morgan fingerprint density at radius 1 is 1.53 bits per heavy atom. The molecular weight excluding hydrogens is 197 g/mol. The second kappa shape index (κ2) is 3.88.